The number of benzene rings is 1. The topological polar surface area (TPSA) is 21.3 Å². The highest BCUT2D eigenvalue weighted by Crippen LogP contribution is 2.32. The van der Waals surface area contributed by atoms with Gasteiger partial charge < -0.3 is 10.1 Å². The van der Waals surface area contributed by atoms with Gasteiger partial charge in [-0.3, -0.25) is 0 Å². The van der Waals surface area contributed by atoms with E-state index in [2.05, 4.69) is 37.4 Å². The van der Waals surface area contributed by atoms with Gasteiger partial charge >= 0.3 is 0 Å². The van der Waals surface area contributed by atoms with Crippen molar-refractivity contribution in [2.45, 2.75) is 32.6 Å². The predicted octanol–water partition coefficient (Wildman–Crippen LogP) is 3.39. The van der Waals surface area contributed by atoms with E-state index in [9.17, 15) is 0 Å². The van der Waals surface area contributed by atoms with Crippen LogP contribution in [0.2, 0.25) is 0 Å². The molecule has 1 aliphatic rings. The monoisotopic (exact) mass is 205 g/mol. The molecule has 0 radical (unpaired) electrons. The maximum atomic E-state index is 5.56. The van der Waals surface area contributed by atoms with Crippen LogP contribution in [-0.4, -0.2) is 13.2 Å². The zero-order valence-corrected chi connectivity index (χ0v) is 9.55. The zero-order chi connectivity index (χ0) is 10.7. The van der Waals surface area contributed by atoms with Crippen molar-refractivity contribution >= 4 is 5.69 Å². The van der Waals surface area contributed by atoms with Gasteiger partial charge in [0.2, 0.25) is 0 Å². The molecule has 1 N–H and O–H groups in total. The van der Waals surface area contributed by atoms with Crippen molar-refractivity contribution in [3.8, 4) is 5.75 Å². The van der Waals surface area contributed by atoms with E-state index in [4.69, 9.17) is 4.74 Å². The maximum Gasteiger partial charge on any atom is 0.142 e. The van der Waals surface area contributed by atoms with Gasteiger partial charge in [0, 0.05) is 6.54 Å². The SMILES string of the molecule is CCC(CC)c1ccc2c(c1)NCCO2. The lowest BCUT2D eigenvalue weighted by Gasteiger charge is -2.21. The number of rotatable bonds is 3. The molecular weight excluding hydrogens is 186 g/mol. The summed E-state index contributed by atoms with van der Waals surface area (Å²) >= 11 is 0. The van der Waals surface area contributed by atoms with E-state index in [1.807, 2.05) is 0 Å². The highest BCUT2D eigenvalue weighted by molar-refractivity contribution is 5.59. The van der Waals surface area contributed by atoms with E-state index in [0.717, 1.165) is 24.6 Å². The summed E-state index contributed by atoms with van der Waals surface area (Å²) in [6.45, 7) is 6.19. The van der Waals surface area contributed by atoms with Crippen LogP contribution < -0.4 is 10.1 Å². The number of nitrogens with one attached hydrogen (secondary N) is 1. The molecule has 2 rings (SSSR count). The molecule has 2 nitrogen and oxygen atoms in total. The summed E-state index contributed by atoms with van der Waals surface area (Å²) in [6, 6.07) is 6.53. The van der Waals surface area contributed by atoms with Gasteiger partial charge in [0.25, 0.3) is 0 Å². The third-order valence-electron chi connectivity index (χ3n) is 3.14. The lowest BCUT2D eigenvalue weighted by Crippen LogP contribution is -2.18. The molecule has 0 atom stereocenters. The normalized spacial score (nSPS) is 14.3. The minimum atomic E-state index is 0.680. The van der Waals surface area contributed by atoms with Crippen LogP contribution in [0.5, 0.6) is 5.75 Å². The van der Waals surface area contributed by atoms with Gasteiger partial charge in [-0.05, 0) is 36.5 Å². The summed E-state index contributed by atoms with van der Waals surface area (Å²) in [5.74, 6) is 1.68. The van der Waals surface area contributed by atoms with Crippen molar-refractivity contribution in [1.82, 2.24) is 0 Å². The Balaban J connectivity index is 2.27. The molecule has 1 aromatic rings. The third kappa shape index (κ3) is 2.09. The summed E-state index contributed by atoms with van der Waals surface area (Å²) < 4.78 is 5.56. The van der Waals surface area contributed by atoms with E-state index < -0.39 is 0 Å². The van der Waals surface area contributed by atoms with Gasteiger partial charge in [-0.25, -0.2) is 0 Å². The van der Waals surface area contributed by atoms with Crippen molar-refractivity contribution in [1.29, 1.82) is 0 Å². The molecular formula is C13H19NO. The standard InChI is InChI=1S/C13H19NO/c1-3-10(4-2)11-5-6-13-12(9-11)14-7-8-15-13/h5-6,9-10,14H,3-4,7-8H2,1-2H3. The molecule has 1 heterocycles. The zero-order valence-electron chi connectivity index (χ0n) is 9.55. The Morgan fingerprint density at radius 1 is 1.33 bits per heavy atom. The first kappa shape index (κ1) is 10.3. The Labute approximate surface area is 91.6 Å². The predicted molar refractivity (Wildman–Crippen MR) is 63.7 cm³/mol. The number of ether oxygens (including phenoxy) is 1. The molecule has 1 aromatic carbocycles. The second-order valence-electron chi connectivity index (χ2n) is 4.04. The first-order valence-corrected chi connectivity index (χ1v) is 5.85. The van der Waals surface area contributed by atoms with Crippen molar-refractivity contribution in [2.75, 3.05) is 18.5 Å². The Bertz CT molecular complexity index is 331. The van der Waals surface area contributed by atoms with Gasteiger partial charge in [-0.1, -0.05) is 19.9 Å². The lowest BCUT2D eigenvalue weighted by atomic mass is 9.93. The van der Waals surface area contributed by atoms with Crippen LogP contribution in [0.15, 0.2) is 18.2 Å². The maximum absolute atomic E-state index is 5.56. The van der Waals surface area contributed by atoms with E-state index in [-0.39, 0.29) is 0 Å². The fourth-order valence-electron chi connectivity index (χ4n) is 2.17. The molecule has 0 aliphatic carbocycles. The molecule has 82 valence electrons. The lowest BCUT2D eigenvalue weighted by molar-refractivity contribution is 0.323. The van der Waals surface area contributed by atoms with Crippen LogP contribution in [0.3, 0.4) is 0 Å². The Morgan fingerprint density at radius 2 is 2.13 bits per heavy atom. The fourth-order valence-corrected chi connectivity index (χ4v) is 2.17. The van der Waals surface area contributed by atoms with E-state index in [0.29, 0.717) is 5.92 Å². The minimum absolute atomic E-state index is 0.680. The first-order valence-electron chi connectivity index (χ1n) is 5.85. The van der Waals surface area contributed by atoms with Crippen LogP contribution in [-0.2, 0) is 0 Å². The number of fused-ring (bicyclic) bond motifs is 1. The van der Waals surface area contributed by atoms with Crippen LogP contribution in [0.1, 0.15) is 38.2 Å². The van der Waals surface area contributed by atoms with Gasteiger partial charge in [-0.2, -0.15) is 0 Å². The van der Waals surface area contributed by atoms with Gasteiger partial charge in [-0.15, -0.1) is 0 Å². The third-order valence-corrected chi connectivity index (χ3v) is 3.14. The molecule has 0 fully saturated rings. The Morgan fingerprint density at radius 3 is 2.87 bits per heavy atom. The molecule has 1 aliphatic heterocycles. The number of anilines is 1. The second-order valence-corrected chi connectivity index (χ2v) is 4.04. The molecule has 0 bridgehead atoms. The van der Waals surface area contributed by atoms with E-state index in [1.54, 1.807) is 0 Å². The van der Waals surface area contributed by atoms with E-state index in [1.165, 1.54) is 18.4 Å². The molecule has 2 heteroatoms. The average molecular weight is 205 g/mol. The smallest absolute Gasteiger partial charge is 0.142 e. The number of hydrogen-bond donors (Lipinski definition) is 1. The molecule has 0 amide bonds. The summed E-state index contributed by atoms with van der Waals surface area (Å²) in [5.41, 5.74) is 2.59. The van der Waals surface area contributed by atoms with Crippen molar-refractivity contribution in [3.05, 3.63) is 23.8 Å². The van der Waals surface area contributed by atoms with Crippen molar-refractivity contribution < 1.29 is 4.74 Å². The largest absolute Gasteiger partial charge is 0.490 e. The molecule has 0 unspecified atom stereocenters. The van der Waals surface area contributed by atoms with Gasteiger partial charge in [0.05, 0.1) is 5.69 Å². The van der Waals surface area contributed by atoms with Crippen LogP contribution >= 0.6 is 0 Å². The summed E-state index contributed by atoms with van der Waals surface area (Å²) in [7, 11) is 0. The summed E-state index contributed by atoms with van der Waals surface area (Å²) in [5, 5.41) is 3.38. The summed E-state index contributed by atoms with van der Waals surface area (Å²) in [6.07, 6.45) is 2.41. The van der Waals surface area contributed by atoms with Gasteiger partial charge in [0.1, 0.15) is 12.4 Å². The minimum Gasteiger partial charge on any atom is -0.490 e. The molecule has 15 heavy (non-hydrogen) atoms. The molecule has 0 saturated heterocycles. The second kappa shape index (κ2) is 4.56. The molecule has 0 aromatic heterocycles. The highest BCUT2D eigenvalue weighted by Gasteiger charge is 2.13. The Kier molecular flexibility index (Phi) is 3.14. The van der Waals surface area contributed by atoms with Crippen molar-refractivity contribution in [2.24, 2.45) is 0 Å². The number of hydrogen-bond acceptors (Lipinski definition) is 2. The van der Waals surface area contributed by atoms with Crippen LogP contribution in [0.25, 0.3) is 0 Å². The van der Waals surface area contributed by atoms with Gasteiger partial charge in [0.15, 0.2) is 0 Å². The molecule has 0 spiro atoms. The summed E-state index contributed by atoms with van der Waals surface area (Å²) in [4.78, 5) is 0. The Hall–Kier alpha value is -1.18. The first-order chi connectivity index (χ1) is 7.35. The highest BCUT2D eigenvalue weighted by atomic mass is 16.5. The average Bonchev–Trinajstić information content (AvgIpc) is 2.30. The quantitative estimate of drug-likeness (QED) is 0.816. The van der Waals surface area contributed by atoms with Crippen molar-refractivity contribution in [3.63, 3.8) is 0 Å². The molecule has 0 saturated carbocycles. The van der Waals surface area contributed by atoms with Crippen LogP contribution in [0, 0.1) is 0 Å². The van der Waals surface area contributed by atoms with Crippen LogP contribution in [0.4, 0.5) is 5.69 Å². The fraction of sp³-hybridized carbons (Fsp3) is 0.538. The van der Waals surface area contributed by atoms with E-state index >= 15 is 0 Å².